The van der Waals surface area contributed by atoms with E-state index in [0.717, 1.165) is 22.3 Å². The van der Waals surface area contributed by atoms with Crippen LogP contribution in [0.15, 0.2) is 48.7 Å². The fraction of sp³-hybridized carbons (Fsp3) is 0.318. The van der Waals surface area contributed by atoms with Gasteiger partial charge in [0.25, 0.3) is 0 Å². The van der Waals surface area contributed by atoms with Gasteiger partial charge in [0.2, 0.25) is 0 Å². The minimum atomic E-state index is -0.0526. The zero-order valence-electron chi connectivity index (χ0n) is 15.5. The lowest BCUT2D eigenvalue weighted by molar-refractivity contribution is -0.112. The second-order valence-electron chi connectivity index (χ2n) is 6.87. The van der Waals surface area contributed by atoms with Gasteiger partial charge in [-0.05, 0) is 65.3 Å². The van der Waals surface area contributed by atoms with Gasteiger partial charge in [-0.25, -0.2) is 0 Å². The topological polar surface area (TPSA) is 46.5 Å². The van der Waals surface area contributed by atoms with Gasteiger partial charge in [-0.3, -0.25) is 4.79 Å². The first kappa shape index (κ1) is 18.8. The molecule has 132 valence electrons. The van der Waals surface area contributed by atoms with Crippen molar-refractivity contribution < 1.29 is 14.6 Å². The van der Waals surface area contributed by atoms with Gasteiger partial charge in [0.15, 0.2) is 5.78 Å². The number of phenols is 1. The second-order valence-corrected chi connectivity index (χ2v) is 6.87. The lowest BCUT2D eigenvalue weighted by Crippen LogP contribution is -1.97. The number of ketones is 1. The lowest BCUT2D eigenvalue weighted by Gasteiger charge is -2.18. The van der Waals surface area contributed by atoms with Crippen molar-refractivity contribution in [1.82, 2.24) is 0 Å². The van der Waals surface area contributed by atoms with Crippen LogP contribution in [0.4, 0.5) is 0 Å². The fourth-order valence-corrected chi connectivity index (χ4v) is 2.66. The summed E-state index contributed by atoms with van der Waals surface area (Å²) in [5.74, 6) is 1.52. The van der Waals surface area contributed by atoms with Crippen molar-refractivity contribution in [2.24, 2.45) is 0 Å². The summed E-state index contributed by atoms with van der Waals surface area (Å²) in [6.07, 6.45) is 2.78. The highest BCUT2D eigenvalue weighted by molar-refractivity contribution is 5.86. The van der Waals surface area contributed by atoms with E-state index in [4.69, 9.17) is 4.74 Å². The van der Waals surface area contributed by atoms with Crippen molar-refractivity contribution in [3.63, 3.8) is 0 Å². The predicted octanol–water partition coefficient (Wildman–Crippen LogP) is 5.79. The summed E-state index contributed by atoms with van der Waals surface area (Å²) in [6, 6.07) is 11.8. The van der Waals surface area contributed by atoms with E-state index in [9.17, 15) is 9.90 Å². The van der Waals surface area contributed by atoms with Gasteiger partial charge in [-0.2, -0.15) is 0 Å². The Morgan fingerprint density at radius 2 is 1.48 bits per heavy atom. The van der Waals surface area contributed by atoms with Crippen LogP contribution in [0.3, 0.4) is 0 Å². The van der Waals surface area contributed by atoms with Crippen molar-refractivity contribution in [1.29, 1.82) is 0 Å². The summed E-state index contributed by atoms with van der Waals surface area (Å²) < 4.78 is 5.41. The summed E-state index contributed by atoms with van der Waals surface area (Å²) in [5, 5.41) is 10.5. The van der Waals surface area contributed by atoms with Gasteiger partial charge in [-0.1, -0.05) is 39.8 Å². The molecular weight excluding hydrogens is 312 g/mol. The maximum Gasteiger partial charge on any atom is 0.155 e. The van der Waals surface area contributed by atoms with Crippen molar-refractivity contribution in [2.45, 2.75) is 46.5 Å². The normalized spacial score (nSPS) is 11.5. The van der Waals surface area contributed by atoms with E-state index in [1.807, 2.05) is 24.3 Å². The van der Waals surface area contributed by atoms with Crippen LogP contribution < -0.4 is 4.74 Å². The maximum atomic E-state index is 10.9. The fourth-order valence-electron chi connectivity index (χ4n) is 2.66. The SMILES string of the molecule is CC(=O)/C=C/Oc1ccc(-c2cc(C(C)C)c(O)c(C(C)C)c2)cc1. The van der Waals surface area contributed by atoms with E-state index >= 15 is 0 Å². The molecule has 3 heteroatoms. The minimum Gasteiger partial charge on any atom is -0.507 e. The van der Waals surface area contributed by atoms with E-state index in [1.165, 1.54) is 19.3 Å². The smallest absolute Gasteiger partial charge is 0.155 e. The standard InChI is InChI=1S/C22H26O3/c1-14(2)20-12-18(13-21(15(3)4)22(20)24)17-6-8-19(9-7-17)25-11-10-16(5)23/h6-15,24H,1-5H3/b11-10+. The van der Waals surface area contributed by atoms with Crippen molar-refractivity contribution >= 4 is 5.78 Å². The molecule has 25 heavy (non-hydrogen) atoms. The molecule has 2 rings (SSSR count). The van der Waals surface area contributed by atoms with Gasteiger partial charge in [0.1, 0.15) is 11.5 Å². The summed E-state index contributed by atoms with van der Waals surface area (Å²) in [6.45, 7) is 9.82. The number of benzene rings is 2. The molecule has 0 unspecified atom stereocenters. The van der Waals surface area contributed by atoms with Gasteiger partial charge >= 0.3 is 0 Å². The third-order valence-corrected chi connectivity index (χ3v) is 4.11. The van der Waals surface area contributed by atoms with E-state index < -0.39 is 0 Å². The summed E-state index contributed by atoms with van der Waals surface area (Å²) in [4.78, 5) is 10.9. The lowest BCUT2D eigenvalue weighted by atomic mass is 9.89. The zero-order chi connectivity index (χ0) is 18.6. The summed E-state index contributed by atoms with van der Waals surface area (Å²) in [7, 11) is 0. The largest absolute Gasteiger partial charge is 0.507 e. The third kappa shape index (κ3) is 4.72. The van der Waals surface area contributed by atoms with Crippen LogP contribution in [0.5, 0.6) is 11.5 Å². The number of phenolic OH excluding ortho intramolecular Hbond substituents is 1. The molecule has 0 atom stereocenters. The van der Waals surface area contributed by atoms with Gasteiger partial charge in [-0.15, -0.1) is 0 Å². The molecule has 0 heterocycles. The first-order chi connectivity index (χ1) is 11.8. The molecule has 0 radical (unpaired) electrons. The first-order valence-corrected chi connectivity index (χ1v) is 8.60. The van der Waals surface area contributed by atoms with Crippen LogP contribution in [0.2, 0.25) is 0 Å². The number of aromatic hydroxyl groups is 1. The van der Waals surface area contributed by atoms with Gasteiger partial charge in [0, 0.05) is 6.08 Å². The van der Waals surface area contributed by atoms with E-state index in [1.54, 1.807) is 0 Å². The van der Waals surface area contributed by atoms with Gasteiger partial charge in [0.05, 0.1) is 6.26 Å². The Morgan fingerprint density at radius 3 is 1.92 bits per heavy atom. The number of carbonyl (C=O) groups excluding carboxylic acids is 1. The summed E-state index contributed by atoms with van der Waals surface area (Å²) >= 11 is 0. The second kappa shape index (κ2) is 8.02. The molecular formula is C22H26O3. The monoisotopic (exact) mass is 338 g/mol. The Hall–Kier alpha value is -2.55. The van der Waals surface area contributed by atoms with Crippen molar-refractivity contribution in [3.8, 4) is 22.6 Å². The Balaban J connectivity index is 2.36. The Kier molecular flexibility index (Phi) is 6.02. The van der Waals surface area contributed by atoms with Crippen LogP contribution in [0.1, 0.15) is 57.6 Å². The highest BCUT2D eigenvalue weighted by Crippen LogP contribution is 2.38. The average molecular weight is 338 g/mol. The molecule has 0 amide bonds. The Bertz CT molecular complexity index is 739. The molecule has 0 spiro atoms. The van der Waals surface area contributed by atoms with Crippen LogP contribution >= 0.6 is 0 Å². The number of allylic oxidation sites excluding steroid dienone is 1. The van der Waals surface area contributed by atoms with E-state index in [0.29, 0.717) is 11.5 Å². The highest BCUT2D eigenvalue weighted by atomic mass is 16.5. The number of rotatable bonds is 6. The van der Waals surface area contributed by atoms with E-state index in [2.05, 4.69) is 39.8 Å². The molecule has 0 aromatic heterocycles. The molecule has 2 aromatic carbocycles. The van der Waals surface area contributed by atoms with Crippen molar-refractivity contribution in [2.75, 3.05) is 0 Å². The molecule has 0 aliphatic carbocycles. The molecule has 3 nitrogen and oxygen atoms in total. The summed E-state index contributed by atoms with van der Waals surface area (Å²) in [5.41, 5.74) is 4.07. The maximum absolute atomic E-state index is 10.9. The first-order valence-electron chi connectivity index (χ1n) is 8.60. The molecule has 0 bridgehead atoms. The highest BCUT2D eigenvalue weighted by Gasteiger charge is 2.15. The number of hydrogen-bond donors (Lipinski definition) is 1. The van der Waals surface area contributed by atoms with Crippen LogP contribution in [0.25, 0.3) is 11.1 Å². The molecule has 0 saturated heterocycles. The van der Waals surface area contributed by atoms with Crippen LogP contribution in [0, 0.1) is 0 Å². The predicted molar refractivity (Wildman–Crippen MR) is 102 cm³/mol. The minimum absolute atomic E-state index is 0.0526. The number of ether oxygens (including phenoxy) is 1. The number of hydrogen-bond acceptors (Lipinski definition) is 3. The third-order valence-electron chi connectivity index (χ3n) is 4.11. The molecule has 0 fully saturated rings. The van der Waals surface area contributed by atoms with Crippen LogP contribution in [-0.2, 0) is 4.79 Å². The average Bonchev–Trinajstić information content (AvgIpc) is 2.55. The quantitative estimate of drug-likeness (QED) is 0.536. The molecule has 0 aliphatic heterocycles. The molecule has 2 aromatic rings. The number of carbonyl (C=O) groups is 1. The van der Waals surface area contributed by atoms with Crippen molar-refractivity contribution in [3.05, 3.63) is 59.9 Å². The van der Waals surface area contributed by atoms with Gasteiger partial charge < -0.3 is 9.84 Å². The molecule has 0 aliphatic rings. The molecule has 0 saturated carbocycles. The van der Waals surface area contributed by atoms with E-state index in [-0.39, 0.29) is 17.6 Å². The Labute approximate surface area is 150 Å². The molecule has 1 N–H and O–H groups in total. The zero-order valence-corrected chi connectivity index (χ0v) is 15.5. The van der Waals surface area contributed by atoms with Crippen LogP contribution in [-0.4, -0.2) is 10.9 Å². The Morgan fingerprint density at radius 1 is 0.960 bits per heavy atom.